The Morgan fingerprint density at radius 3 is 1.76 bits per heavy atom. The van der Waals surface area contributed by atoms with Gasteiger partial charge in [-0.2, -0.15) is 23.5 Å². The first-order chi connectivity index (χ1) is 12.1. The van der Waals surface area contributed by atoms with Crippen molar-refractivity contribution in [1.29, 1.82) is 0 Å². The minimum absolute atomic E-state index is 0.567. The molecule has 0 spiro atoms. The van der Waals surface area contributed by atoms with Crippen LogP contribution in [0.1, 0.15) is 39.0 Å². The minimum atomic E-state index is -1.25. The van der Waals surface area contributed by atoms with E-state index in [-0.39, 0.29) is 0 Å². The van der Waals surface area contributed by atoms with E-state index in [2.05, 4.69) is 30.1 Å². The van der Waals surface area contributed by atoms with Gasteiger partial charge < -0.3 is 25.2 Å². The number of ether oxygens (including phenoxy) is 2. The van der Waals surface area contributed by atoms with Gasteiger partial charge in [0.1, 0.15) is 5.60 Å². The summed E-state index contributed by atoms with van der Waals surface area (Å²) in [6.45, 7) is 5.89. The molecule has 7 heteroatoms. The van der Waals surface area contributed by atoms with Crippen LogP contribution in [-0.2, 0) is 9.47 Å². The Morgan fingerprint density at radius 2 is 1.36 bits per heavy atom. The molecule has 0 aromatic rings. The number of rotatable bonds is 18. The lowest BCUT2D eigenvalue weighted by atomic mass is 9.82. The molecule has 2 atom stereocenters. The van der Waals surface area contributed by atoms with E-state index in [0.29, 0.717) is 6.42 Å². The van der Waals surface area contributed by atoms with Crippen molar-refractivity contribution in [2.24, 2.45) is 0 Å². The molecule has 0 aliphatic rings. The molecule has 0 saturated carbocycles. The third-order valence-electron chi connectivity index (χ3n) is 4.78. The topological polar surface area (TPSA) is 62.8 Å². The molecule has 5 nitrogen and oxygen atoms in total. The molecular weight excluding hydrogens is 356 g/mol. The van der Waals surface area contributed by atoms with Crippen molar-refractivity contribution in [2.45, 2.75) is 50.4 Å². The number of methoxy groups -OCH3 is 2. The fraction of sp³-hybridized carbons (Fsp3) is 1.00. The van der Waals surface area contributed by atoms with Crippen LogP contribution in [0.4, 0.5) is 0 Å². The lowest BCUT2D eigenvalue weighted by Crippen LogP contribution is -2.57. The van der Waals surface area contributed by atoms with Crippen molar-refractivity contribution >= 4 is 23.5 Å². The van der Waals surface area contributed by atoms with Gasteiger partial charge in [-0.1, -0.05) is 6.92 Å². The van der Waals surface area contributed by atoms with Crippen LogP contribution in [0, 0.1) is 0 Å². The number of hydrogen-bond donors (Lipinski definition) is 3. The highest BCUT2D eigenvalue weighted by Crippen LogP contribution is 2.37. The van der Waals surface area contributed by atoms with Crippen molar-refractivity contribution < 1.29 is 14.6 Å². The van der Waals surface area contributed by atoms with Crippen LogP contribution < -0.4 is 10.6 Å². The quantitative estimate of drug-likeness (QED) is 0.243. The summed E-state index contributed by atoms with van der Waals surface area (Å²) in [6, 6.07) is 0. The zero-order valence-electron chi connectivity index (χ0n) is 16.9. The van der Waals surface area contributed by atoms with E-state index < -0.39 is 11.4 Å². The number of hydrogen-bond acceptors (Lipinski definition) is 7. The van der Waals surface area contributed by atoms with Gasteiger partial charge in [0.05, 0.1) is 0 Å². The fourth-order valence-electron chi connectivity index (χ4n) is 3.12. The molecule has 0 radical (unpaired) electrons. The van der Waals surface area contributed by atoms with Gasteiger partial charge in [-0.15, -0.1) is 0 Å². The monoisotopic (exact) mass is 396 g/mol. The normalized spacial score (nSPS) is 16.6. The molecule has 0 amide bonds. The lowest BCUT2D eigenvalue weighted by molar-refractivity contribution is -0.303. The highest BCUT2D eigenvalue weighted by atomic mass is 32.2. The Hall–Kier alpha value is 0.500. The second-order valence-corrected chi connectivity index (χ2v) is 8.20. The van der Waals surface area contributed by atoms with Gasteiger partial charge in [-0.3, -0.25) is 0 Å². The van der Waals surface area contributed by atoms with Crippen molar-refractivity contribution in [3.05, 3.63) is 0 Å². The van der Waals surface area contributed by atoms with Gasteiger partial charge in [0.25, 0.3) is 0 Å². The molecule has 3 N–H and O–H groups in total. The summed E-state index contributed by atoms with van der Waals surface area (Å²) in [5.41, 5.74) is -0.664. The van der Waals surface area contributed by atoms with E-state index in [1.54, 1.807) is 14.2 Å². The maximum Gasteiger partial charge on any atom is 0.194 e. The van der Waals surface area contributed by atoms with E-state index in [1.807, 2.05) is 23.5 Å². The second-order valence-electron chi connectivity index (χ2n) is 6.23. The summed E-state index contributed by atoms with van der Waals surface area (Å²) in [4.78, 5) is 0. The molecule has 0 saturated heterocycles. The largest absolute Gasteiger partial charge is 0.373 e. The smallest absolute Gasteiger partial charge is 0.194 e. The van der Waals surface area contributed by atoms with E-state index in [1.165, 1.54) is 0 Å². The first-order valence-corrected chi connectivity index (χ1v) is 12.1. The van der Waals surface area contributed by atoms with Crippen molar-refractivity contribution in [3.63, 3.8) is 0 Å². The highest BCUT2D eigenvalue weighted by molar-refractivity contribution is 7.98. The molecule has 0 fully saturated rings. The standard InChI is InChI=1S/C18H40N2O3S2/c1-6-17(22-2,9-7-11-19-13-15-24-4)18(21,23-3)10-8-12-20-14-16-25-5/h19-21H,6-16H2,1-5H3. The first kappa shape index (κ1) is 25.5. The molecule has 2 unspecified atom stereocenters. The molecule has 152 valence electrons. The molecule has 0 heterocycles. The second kappa shape index (κ2) is 15.5. The van der Waals surface area contributed by atoms with Crippen molar-refractivity contribution in [1.82, 2.24) is 10.6 Å². The van der Waals surface area contributed by atoms with E-state index in [4.69, 9.17) is 9.47 Å². The minimum Gasteiger partial charge on any atom is -0.373 e. The molecule has 0 bridgehead atoms. The summed E-state index contributed by atoms with van der Waals surface area (Å²) in [6.07, 6.45) is 8.09. The van der Waals surface area contributed by atoms with E-state index in [0.717, 1.165) is 63.4 Å². The average molecular weight is 397 g/mol. The Bertz CT molecular complexity index is 308. The Labute approximate surface area is 163 Å². The zero-order chi connectivity index (χ0) is 19.0. The molecule has 0 aliphatic carbocycles. The van der Waals surface area contributed by atoms with Gasteiger partial charge in [-0.05, 0) is 51.3 Å². The van der Waals surface area contributed by atoms with E-state index in [9.17, 15) is 5.11 Å². The molecule has 0 aromatic carbocycles. The molecule has 0 aromatic heterocycles. The third-order valence-corrected chi connectivity index (χ3v) is 6.01. The summed E-state index contributed by atoms with van der Waals surface area (Å²) in [5.74, 6) is 0.973. The van der Waals surface area contributed by atoms with Crippen LogP contribution in [-0.4, -0.2) is 80.9 Å². The maximum atomic E-state index is 11.2. The predicted octanol–water partition coefficient (Wildman–Crippen LogP) is 2.58. The molecule has 0 rings (SSSR count). The average Bonchev–Trinajstić information content (AvgIpc) is 2.64. The van der Waals surface area contributed by atoms with Gasteiger partial charge in [0.15, 0.2) is 5.79 Å². The number of thioether (sulfide) groups is 2. The summed E-state index contributed by atoms with van der Waals surface area (Å²) in [7, 11) is 3.27. The SMILES string of the molecule is CCC(CCCNCCSC)(OC)C(O)(CCCNCCSC)OC. The summed E-state index contributed by atoms with van der Waals surface area (Å²) >= 11 is 3.68. The van der Waals surface area contributed by atoms with Crippen LogP contribution in [0.15, 0.2) is 0 Å². The van der Waals surface area contributed by atoms with Crippen LogP contribution in [0.25, 0.3) is 0 Å². The number of nitrogens with one attached hydrogen (secondary N) is 2. The third kappa shape index (κ3) is 9.31. The van der Waals surface area contributed by atoms with Gasteiger partial charge in [0.2, 0.25) is 0 Å². The van der Waals surface area contributed by atoms with Gasteiger partial charge in [-0.25, -0.2) is 0 Å². The Balaban J connectivity index is 4.51. The zero-order valence-corrected chi connectivity index (χ0v) is 18.5. The fourth-order valence-corrected chi connectivity index (χ4v) is 3.82. The number of aliphatic hydroxyl groups is 1. The van der Waals surface area contributed by atoms with Crippen molar-refractivity contribution in [2.75, 3.05) is 64.4 Å². The van der Waals surface area contributed by atoms with E-state index >= 15 is 0 Å². The van der Waals surface area contributed by atoms with Crippen LogP contribution in [0.3, 0.4) is 0 Å². The van der Waals surface area contributed by atoms with Crippen LogP contribution >= 0.6 is 23.5 Å². The van der Waals surface area contributed by atoms with Crippen LogP contribution in [0.5, 0.6) is 0 Å². The van der Waals surface area contributed by atoms with Gasteiger partial charge >= 0.3 is 0 Å². The molecular formula is C18H40N2O3S2. The van der Waals surface area contributed by atoms with Crippen molar-refractivity contribution in [3.8, 4) is 0 Å². The van der Waals surface area contributed by atoms with Gasteiger partial charge in [0, 0.05) is 45.2 Å². The summed E-state index contributed by atoms with van der Waals surface area (Å²) in [5, 5.41) is 18.0. The molecule has 25 heavy (non-hydrogen) atoms. The Kier molecular flexibility index (Phi) is 15.9. The molecule has 0 aliphatic heterocycles. The predicted molar refractivity (Wildman–Crippen MR) is 113 cm³/mol. The maximum absolute atomic E-state index is 11.2. The Morgan fingerprint density at radius 1 is 0.840 bits per heavy atom. The highest BCUT2D eigenvalue weighted by Gasteiger charge is 2.49. The first-order valence-electron chi connectivity index (χ1n) is 9.27. The van der Waals surface area contributed by atoms with Crippen LogP contribution in [0.2, 0.25) is 0 Å². The lowest BCUT2D eigenvalue weighted by Gasteiger charge is -2.45. The summed E-state index contributed by atoms with van der Waals surface area (Å²) < 4.78 is 11.4.